The molecule has 7 heteroatoms. The summed E-state index contributed by atoms with van der Waals surface area (Å²) in [6, 6.07) is 18.3. The van der Waals surface area contributed by atoms with Crippen LogP contribution in [-0.2, 0) is 4.18 Å². The van der Waals surface area contributed by atoms with Crippen molar-refractivity contribution in [2.24, 2.45) is 0 Å². The second kappa shape index (κ2) is 11.0. The number of pyridine rings is 1. The Labute approximate surface area is 188 Å². The van der Waals surface area contributed by atoms with Gasteiger partial charge in [0.25, 0.3) is 0 Å². The number of benzene rings is 2. The van der Waals surface area contributed by atoms with Crippen molar-refractivity contribution in [2.45, 2.75) is 20.0 Å². The number of nitrogens with zero attached hydrogens (tertiary/aromatic N) is 2. The molecular weight excluding hydrogens is 499 g/mol. The molecule has 1 atom stereocenters. The van der Waals surface area contributed by atoms with Crippen LogP contribution < -0.4 is 9.64 Å². The van der Waals surface area contributed by atoms with Crippen molar-refractivity contribution in [3.8, 4) is 17.0 Å². The van der Waals surface area contributed by atoms with Gasteiger partial charge in [-0.1, -0.05) is 18.2 Å². The lowest BCUT2D eigenvalue weighted by molar-refractivity contribution is 0.0811. The summed E-state index contributed by atoms with van der Waals surface area (Å²) in [5.41, 5.74) is 4.07. The first-order chi connectivity index (χ1) is 14.2. The first-order valence-corrected chi connectivity index (χ1v) is 12.9. The van der Waals surface area contributed by atoms with Crippen molar-refractivity contribution in [3.63, 3.8) is 0 Å². The van der Waals surface area contributed by atoms with Crippen LogP contribution in [0.1, 0.15) is 13.8 Å². The summed E-state index contributed by atoms with van der Waals surface area (Å²) < 4.78 is 11.2. The fourth-order valence-corrected chi connectivity index (χ4v) is 3.87. The van der Waals surface area contributed by atoms with Gasteiger partial charge < -0.3 is 18.9 Å². The van der Waals surface area contributed by atoms with E-state index in [4.69, 9.17) is 13.9 Å². The van der Waals surface area contributed by atoms with E-state index >= 15 is 0 Å². The van der Waals surface area contributed by atoms with E-state index in [0.29, 0.717) is 12.4 Å². The molecule has 2 aromatic carbocycles. The average Bonchev–Trinajstić information content (AvgIpc) is 2.77. The molecule has 0 saturated carbocycles. The molecule has 0 aliphatic carbocycles. The SMILES string of the molecule is CCN(CC)c1ccc(-c2ccc3c(OC(CO)COSI)cccc3n2)cc1. The fraction of sp³-hybridized carbons (Fsp3) is 0.318. The van der Waals surface area contributed by atoms with Gasteiger partial charge in [0, 0.05) is 50.9 Å². The lowest BCUT2D eigenvalue weighted by Gasteiger charge is -2.21. The molecule has 1 aromatic heterocycles. The summed E-state index contributed by atoms with van der Waals surface area (Å²) >= 11 is 2.05. The molecule has 0 aliphatic rings. The van der Waals surface area contributed by atoms with E-state index in [0.717, 1.165) is 35.2 Å². The molecule has 0 spiro atoms. The first-order valence-electron chi connectivity index (χ1n) is 9.63. The molecule has 5 nitrogen and oxygen atoms in total. The lowest BCUT2D eigenvalue weighted by atomic mass is 10.1. The van der Waals surface area contributed by atoms with Crippen molar-refractivity contribution >= 4 is 47.0 Å². The van der Waals surface area contributed by atoms with Crippen molar-refractivity contribution in [1.29, 1.82) is 0 Å². The minimum Gasteiger partial charge on any atom is -0.485 e. The molecule has 0 radical (unpaired) electrons. The van der Waals surface area contributed by atoms with Crippen LogP contribution in [0.5, 0.6) is 5.75 Å². The van der Waals surface area contributed by atoms with Gasteiger partial charge in [-0.3, -0.25) is 0 Å². The van der Waals surface area contributed by atoms with Crippen LogP contribution in [0.15, 0.2) is 54.6 Å². The predicted octanol–water partition coefficient (Wildman–Crippen LogP) is 5.50. The Kier molecular flexibility index (Phi) is 8.40. The zero-order valence-electron chi connectivity index (χ0n) is 16.5. The van der Waals surface area contributed by atoms with E-state index in [1.807, 2.05) is 51.5 Å². The van der Waals surface area contributed by atoms with Gasteiger partial charge in [0.05, 0.1) is 27.0 Å². The zero-order valence-corrected chi connectivity index (χ0v) is 19.5. The van der Waals surface area contributed by atoms with Crippen molar-refractivity contribution in [3.05, 3.63) is 54.6 Å². The normalized spacial score (nSPS) is 12.1. The molecule has 154 valence electrons. The molecule has 0 aliphatic heterocycles. The van der Waals surface area contributed by atoms with Crippen LogP contribution in [0.4, 0.5) is 5.69 Å². The maximum Gasteiger partial charge on any atom is 0.146 e. The van der Waals surface area contributed by atoms with Gasteiger partial charge in [0.1, 0.15) is 18.5 Å². The summed E-state index contributed by atoms with van der Waals surface area (Å²) in [6.45, 7) is 6.50. The van der Waals surface area contributed by atoms with E-state index in [1.165, 1.54) is 14.9 Å². The Morgan fingerprint density at radius 1 is 1.07 bits per heavy atom. The highest BCUT2D eigenvalue weighted by atomic mass is 127. The molecule has 1 unspecified atom stereocenters. The van der Waals surface area contributed by atoms with Crippen LogP contribution in [0, 0.1) is 0 Å². The number of fused-ring (bicyclic) bond motifs is 1. The minimum absolute atomic E-state index is 0.113. The van der Waals surface area contributed by atoms with E-state index in [9.17, 15) is 5.11 Å². The Bertz CT molecular complexity index is 920. The standard InChI is InChI=1S/C22H25IN2O3S/c1-3-25(4-2)17-10-8-16(9-11-17)20-13-12-19-21(24-20)6-5-7-22(19)28-18(14-26)15-27-29-23/h5-13,18,26H,3-4,14-15H2,1-2H3. The highest BCUT2D eigenvalue weighted by Gasteiger charge is 2.13. The van der Waals surface area contributed by atoms with Crippen LogP contribution in [-0.4, -0.2) is 42.5 Å². The molecule has 0 fully saturated rings. The third-order valence-electron chi connectivity index (χ3n) is 4.78. The van der Waals surface area contributed by atoms with Crippen molar-refractivity contribution in [2.75, 3.05) is 31.2 Å². The summed E-state index contributed by atoms with van der Waals surface area (Å²) in [7, 11) is 1.23. The highest BCUT2D eigenvalue weighted by Crippen LogP contribution is 2.29. The Morgan fingerprint density at radius 3 is 2.48 bits per heavy atom. The van der Waals surface area contributed by atoms with Crippen molar-refractivity contribution < 1.29 is 14.0 Å². The van der Waals surface area contributed by atoms with Gasteiger partial charge in [0.2, 0.25) is 0 Å². The third kappa shape index (κ3) is 5.53. The minimum atomic E-state index is -0.421. The number of hydrogen-bond acceptors (Lipinski definition) is 6. The van der Waals surface area contributed by atoms with Gasteiger partial charge >= 0.3 is 0 Å². The van der Waals surface area contributed by atoms with Gasteiger partial charge in [-0.25, -0.2) is 4.98 Å². The third-order valence-corrected chi connectivity index (χ3v) is 5.77. The monoisotopic (exact) mass is 524 g/mol. The van der Waals surface area contributed by atoms with Crippen LogP contribution in [0.3, 0.4) is 0 Å². The molecule has 1 N–H and O–H groups in total. The van der Waals surface area contributed by atoms with Crippen LogP contribution in [0.2, 0.25) is 0 Å². The summed E-state index contributed by atoms with van der Waals surface area (Å²) in [4.78, 5) is 7.14. The highest BCUT2D eigenvalue weighted by molar-refractivity contribution is 14.2. The molecule has 0 saturated heterocycles. The maximum absolute atomic E-state index is 9.54. The van der Waals surface area contributed by atoms with Crippen molar-refractivity contribution in [1.82, 2.24) is 4.98 Å². The van der Waals surface area contributed by atoms with Crippen LogP contribution in [0.25, 0.3) is 22.2 Å². The van der Waals surface area contributed by atoms with E-state index < -0.39 is 6.10 Å². The molecule has 0 amide bonds. The van der Waals surface area contributed by atoms with E-state index in [1.54, 1.807) is 0 Å². The lowest BCUT2D eigenvalue weighted by Crippen LogP contribution is -2.25. The maximum atomic E-state index is 9.54. The second-order valence-electron chi connectivity index (χ2n) is 6.51. The topological polar surface area (TPSA) is 54.8 Å². The van der Waals surface area contributed by atoms with E-state index in [-0.39, 0.29) is 6.61 Å². The number of ether oxygens (including phenoxy) is 1. The number of aromatic nitrogens is 1. The Morgan fingerprint density at radius 2 is 1.83 bits per heavy atom. The summed E-state index contributed by atoms with van der Waals surface area (Å²) in [6.07, 6.45) is -0.421. The van der Waals surface area contributed by atoms with Gasteiger partial charge in [-0.15, -0.1) is 0 Å². The molecular formula is C22H25IN2O3S. The smallest absolute Gasteiger partial charge is 0.146 e. The number of aliphatic hydroxyl groups excluding tert-OH is 1. The average molecular weight is 524 g/mol. The molecule has 3 aromatic rings. The number of rotatable bonds is 10. The number of hydrogen-bond donors (Lipinski definition) is 1. The van der Waals surface area contributed by atoms with Gasteiger partial charge in [-0.05, 0) is 50.2 Å². The predicted molar refractivity (Wildman–Crippen MR) is 130 cm³/mol. The largest absolute Gasteiger partial charge is 0.485 e. The van der Waals surface area contributed by atoms with E-state index in [2.05, 4.69) is 43.0 Å². The zero-order chi connectivity index (χ0) is 20.6. The van der Waals surface area contributed by atoms with Gasteiger partial charge in [0.15, 0.2) is 0 Å². The molecule has 3 rings (SSSR count). The number of anilines is 1. The first kappa shape index (κ1) is 22.1. The fourth-order valence-electron chi connectivity index (χ4n) is 3.23. The molecule has 0 bridgehead atoms. The Hall–Kier alpha value is -1.55. The summed E-state index contributed by atoms with van der Waals surface area (Å²) in [5, 5.41) is 10.5. The van der Waals surface area contributed by atoms with Crippen LogP contribution >= 0.6 is 30.4 Å². The molecule has 29 heavy (non-hydrogen) atoms. The molecule has 1 heterocycles. The van der Waals surface area contributed by atoms with Gasteiger partial charge in [-0.2, -0.15) is 0 Å². The number of halogens is 1. The number of aliphatic hydroxyl groups is 1. The second-order valence-corrected chi connectivity index (χ2v) is 7.95. The quantitative estimate of drug-likeness (QED) is 0.279. The Balaban J connectivity index is 1.85. The summed E-state index contributed by atoms with van der Waals surface area (Å²) in [5.74, 6) is 0.694.